The first-order valence-electron chi connectivity index (χ1n) is 6.99. The van der Waals surface area contributed by atoms with Gasteiger partial charge in [-0.05, 0) is 58.8 Å². The highest BCUT2D eigenvalue weighted by molar-refractivity contribution is 14.1. The largest absolute Gasteiger partial charge is 0.469 e. The average molecular weight is 444 g/mol. The second kappa shape index (κ2) is 8.40. The zero-order valence-corrected chi connectivity index (χ0v) is 15.4. The Balaban J connectivity index is 2.30. The van der Waals surface area contributed by atoms with Crippen LogP contribution in [0.3, 0.4) is 0 Å². The molecule has 120 valence electrons. The Hall–Kier alpha value is -1.47. The standard InChI is InChI=1S/C17H15ClINO3/c1-23-16(21)8-6-14(11-3-2-4-13(19)9-11)17(22)15-7-5-12(18)10-20-15/h2-5,7,9-10,14H,6,8H2,1H3. The van der Waals surface area contributed by atoms with Gasteiger partial charge in [0.1, 0.15) is 5.69 Å². The normalized spacial score (nSPS) is 11.8. The molecular formula is C17H15ClINO3. The lowest BCUT2D eigenvalue weighted by Gasteiger charge is -2.16. The molecule has 0 aliphatic heterocycles. The van der Waals surface area contributed by atoms with E-state index in [1.54, 1.807) is 12.1 Å². The Morgan fingerprint density at radius 2 is 2.09 bits per heavy atom. The van der Waals surface area contributed by atoms with Crippen LogP contribution in [0.25, 0.3) is 0 Å². The molecule has 0 amide bonds. The summed E-state index contributed by atoms with van der Waals surface area (Å²) in [7, 11) is 1.34. The van der Waals surface area contributed by atoms with E-state index in [9.17, 15) is 9.59 Å². The molecule has 1 unspecified atom stereocenters. The minimum Gasteiger partial charge on any atom is -0.469 e. The van der Waals surface area contributed by atoms with E-state index in [0.717, 1.165) is 9.13 Å². The minimum atomic E-state index is -0.447. The maximum absolute atomic E-state index is 12.8. The molecule has 0 radical (unpaired) electrons. The Morgan fingerprint density at radius 3 is 2.70 bits per heavy atom. The summed E-state index contributed by atoms with van der Waals surface area (Å²) in [6, 6.07) is 10.9. The van der Waals surface area contributed by atoms with Gasteiger partial charge < -0.3 is 4.74 Å². The molecule has 1 heterocycles. The summed E-state index contributed by atoms with van der Waals surface area (Å²) in [6.07, 6.45) is 1.99. The number of pyridine rings is 1. The van der Waals surface area contributed by atoms with Gasteiger partial charge in [0.15, 0.2) is 5.78 Å². The van der Waals surface area contributed by atoms with Crippen molar-refractivity contribution < 1.29 is 14.3 Å². The van der Waals surface area contributed by atoms with Crippen molar-refractivity contribution in [3.8, 4) is 0 Å². The fraction of sp³-hybridized carbons (Fsp3) is 0.235. The van der Waals surface area contributed by atoms with E-state index in [1.807, 2.05) is 24.3 Å². The maximum atomic E-state index is 12.8. The molecule has 1 aromatic carbocycles. The Bertz CT molecular complexity index is 703. The highest BCUT2D eigenvalue weighted by atomic mass is 127. The number of rotatable bonds is 6. The van der Waals surface area contributed by atoms with Crippen LogP contribution < -0.4 is 0 Å². The fourth-order valence-electron chi connectivity index (χ4n) is 2.24. The summed E-state index contributed by atoms with van der Waals surface area (Å²) in [5.74, 6) is -0.914. The molecule has 0 saturated carbocycles. The van der Waals surface area contributed by atoms with Crippen LogP contribution >= 0.6 is 34.2 Å². The van der Waals surface area contributed by atoms with E-state index in [-0.39, 0.29) is 18.2 Å². The van der Waals surface area contributed by atoms with Crippen molar-refractivity contribution in [2.75, 3.05) is 7.11 Å². The lowest BCUT2D eigenvalue weighted by atomic mass is 9.88. The van der Waals surface area contributed by atoms with Gasteiger partial charge in [-0.15, -0.1) is 0 Å². The number of aromatic nitrogens is 1. The molecule has 0 bridgehead atoms. The summed E-state index contributed by atoms with van der Waals surface area (Å²) in [4.78, 5) is 28.4. The minimum absolute atomic E-state index is 0.132. The number of carbonyl (C=O) groups is 2. The quantitative estimate of drug-likeness (QED) is 0.380. The molecule has 0 N–H and O–H groups in total. The first-order valence-corrected chi connectivity index (χ1v) is 8.45. The number of nitrogens with zero attached hydrogens (tertiary/aromatic N) is 1. The molecule has 0 fully saturated rings. The number of benzene rings is 1. The maximum Gasteiger partial charge on any atom is 0.305 e. The van der Waals surface area contributed by atoms with E-state index < -0.39 is 5.92 Å². The molecule has 1 atom stereocenters. The van der Waals surface area contributed by atoms with Gasteiger partial charge >= 0.3 is 5.97 Å². The van der Waals surface area contributed by atoms with Crippen molar-refractivity contribution in [1.29, 1.82) is 0 Å². The number of Topliss-reactive ketones (excluding diaryl/α,β-unsaturated/α-hetero) is 1. The zero-order valence-electron chi connectivity index (χ0n) is 12.5. The van der Waals surface area contributed by atoms with Crippen molar-refractivity contribution in [2.24, 2.45) is 0 Å². The van der Waals surface area contributed by atoms with Crippen LogP contribution in [0.4, 0.5) is 0 Å². The van der Waals surface area contributed by atoms with Gasteiger partial charge in [0, 0.05) is 22.1 Å². The van der Waals surface area contributed by atoms with Crippen LogP contribution in [0.1, 0.15) is 34.8 Å². The zero-order chi connectivity index (χ0) is 16.8. The SMILES string of the molecule is COC(=O)CCC(C(=O)c1ccc(Cl)cn1)c1cccc(I)c1. The van der Waals surface area contributed by atoms with E-state index in [0.29, 0.717) is 17.1 Å². The smallest absolute Gasteiger partial charge is 0.305 e. The summed E-state index contributed by atoms with van der Waals surface area (Å²) in [5.41, 5.74) is 1.20. The predicted molar refractivity (Wildman–Crippen MR) is 96.7 cm³/mol. The molecule has 23 heavy (non-hydrogen) atoms. The van der Waals surface area contributed by atoms with Gasteiger partial charge in [0.2, 0.25) is 0 Å². The van der Waals surface area contributed by atoms with E-state index in [2.05, 4.69) is 32.3 Å². The molecule has 1 aromatic heterocycles. The lowest BCUT2D eigenvalue weighted by molar-refractivity contribution is -0.140. The topological polar surface area (TPSA) is 56.3 Å². The number of methoxy groups -OCH3 is 1. The molecule has 0 saturated heterocycles. The number of carbonyl (C=O) groups excluding carboxylic acids is 2. The van der Waals surface area contributed by atoms with Crippen LogP contribution in [0.2, 0.25) is 5.02 Å². The van der Waals surface area contributed by atoms with Crippen molar-refractivity contribution in [1.82, 2.24) is 4.98 Å². The number of hydrogen-bond acceptors (Lipinski definition) is 4. The van der Waals surface area contributed by atoms with Gasteiger partial charge in [0.25, 0.3) is 0 Å². The van der Waals surface area contributed by atoms with Crippen LogP contribution in [-0.4, -0.2) is 23.8 Å². The highest BCUT2D eigenvalue weighted by Crippen LogP contribution is 2.27. The number of ether oxygens (including phenoxy) is 1. The summed E-state index contributed by atoms with van der Waals surface area (Å²) < 4.78 is 5.70. The van der Waals surface area contributed by atoms with Crippen molar-refractivity contribution in [3.05, 3.63) is 62.4 Å². The second-order valence-electron chi connectivity index (χ2n) is 4.95. The highest BCUT2D eigenvalue weighted by Gasteiger charge is 2.24. The van der Waals surface area contributed by atoms with Crippen molar-refractivity contribution >= 4 is 45.9 Å². The second-order valence-corrected chi connectivity index (χ2v) is 6.63. The number of halogens is 2. The third-order valence-corrected chi connectivity index (χ3v) is 4.31. The van der Waals surface area contributed by atoms with Gasteiger partial charge in [-0.25, -0.2) is 0 Å². The summed E-state index contributed by atoms with van der Waals surface area (Å²) in [5, 5.41) is 0.474. The predicted octanol–water partition coefficient (Wildman–Crippen LogP) is 4.26. The van der Waals surface area contributed by atoms with E-state index in [1.165, 1.54) is 13.3 Å². The summed E-state index contributed by atoms with van der Waals surface area (Å²) >= 11 is 8.01. The van der Waals surface area contributed by atoms with Crippen LogP contribution in [0.15, 0.2) is 42.6 Å². The van der Waals surface area contributed by atoms with Crippen LogP contribution in [0, 0.1) is 3.57 Å². The van der Waals surface area contributed by atoms with Crippen LogP contribution in [0.5, 0.6) is 0 Å². The fourth-order valence-corrected chi connectivity index (χ4v) is 2.92. The van der Waals surface area contributed by atoms with Crippen molar-refractivity contribution in [2.45, 2.75) is 18.8 Å². The number of hydrogen-bond donors (Lipinski definition) is 0. The molecular weight excluding hydrogens is 429 g/mol. The molecule has 0 spiro atoms. The van der Waals surface area contributed by atoms with Crippen molar-refractivity contribution in [3.63, 3.8) is 0 Å². The molecule has 4 nitrogen and oxygen atoms in total. The number of ketones is 1. The molecule has 2 aromatic rings. The van der Waals surface area contributed by atoms with Gasteiger partial charge in [-0.1, -0.05) is 23.7 Å². The first kappa shape index (κ1) is 17.9. The molecule has 2 rings (SSSR count). The van der Waals surface area contributed by atoms with Gasteiger partial charge in [-0.3, -0.25) is 14.6 Å². The van der Waals surface area contributed by atoms with Gasteiger partial charge in [0.05, 0.1) is 12.1 Å². The summed E-state index contributed by atoms with van der Waals surface area (Å²) in [6.45, 7) is 0. The number of esters is 1. The van der Waals surface area contributed by atoms with Gasteiger partial charge in [-0.2, -0.15) is 0 Å². The Morgan fingerprint density at radius 1 is 1.30 bits per heavy atom. The molecule has 0 aliphatic carbocycles. The third kappa shape index (κ3) is 5.00. The molecule has 0 aliphatic rings. The molecule has 6 heteroatoms. The first-order chi connectivity index (χ1) is 11.0. The lowest BCUT2D eigenvalue weighted by Crippen LogP contribution is -2.16. The monoisotopic (exact) mass is 443 g/mol. The third-order valence-electron chi connectivity index (χ3n) is 3.41. The van der Waals surface area contributed by atoms with E-state index >= 15 is 0 Å². The Labute approximate surface area is 153 Å². The average Bonchev–Trinajstić information content (AvgIpc) is 2.55. The van der Waals surface area contributed by atoms with Crippen LogP contribution in [-0.2, 0) is 9.53 Å². The Kier molecular flexibility index (Phi) is 6.53. The van der Waals surface area contributed by atoms with E-state index in [4.69, 9.17) is 11.6 Å².